The highest BCUT2D eigenvalue weighted by molar-refractivity contribution is 5.69. The van der Waals surface area contributed by atoms with E-state index in [9.17, 15) is 4.79 Å². The van der Waals surface area contributed by atoms with E-state index < -0.39 is 5.79 Å². The van der Waals surface area contributed by atoms with E-state index in [2.05, 4.69) is 13.8 Å². The Balaban J connectivity index is 2.07. The molecule has 1 fully saturated rings. The molecule has 0 aromatic carbocycles. The van der Waals surface area contributed by atoms with Gasteiger partial charge in [-0.05, 0) is 19.8 Å². The first-order valence-corrected chi connectivity index (χ1v) is 10.1. The van der Waals surface area contributed by atoms with Crippen LogP contribution in [0.2, 0.25) is 0 Å². The average molecular weight is 343 g/mol. The zero-order valence-electron chi connectivity index (χ0n) is 16.1. The molecular weight excluding hydrogens is 304 g/mol. The predicted octanol–water partition coefficient (Wildman–Crippen LogP) is 5.38. The maximum absolute atomic E-state index is 11.7. The highest BCUT2D eigenvalue weighted by atomic mass is 16.7. The van der Waals surface area contributed by atoms with Gasteiger partial charge in [0.2, 0.25) is 0 Å². The zero-order chi connectivity index (χ0) is 17.7. The molecule has 2 unspecified atom stereocenters. The summed E-state index contributed by atoms with van der Waals surface area (Å²) in [5, 5.41) is 0. The quantitative estimate of drug-likeness (QED) is 0.314. The standard InChI is InChI=1S/C20H38O4/c1-4-6-8-10-12-14-19(21)22-16-18-17-23-20(3,24-18)15-13-11-9-7-5-2/h18H,4-17H2,1-3H3. The molecule has 0 N–H and O–H groups in total. The second kappa shape index (κ2) is 12.7. The van der Waals surface area contributed by atoms with E-state index in [1.165, 1.54) is 44.9 Å². The van der Waals surface area contributed by atoms with E-state index >= 15 is 0 Å². The van der Waals surface area contributed by atoms with Gasteiger partial charge in [0.1, 0.15) is 12.7 Å². The summed E-state index contributed by atoms with van der Waals surface area (Å²) in [6.07, 6.45) is 13.2. The topological polar surface area (TPSA) is 44.8 Å². The summed E-state index contributed by atoms with van der Waals surface area (Å²) in [4.78, 5) is 11.7. The Bertz CT molecular complexity index is 332. The fourth-order valence-corrected chi connectivity index (χ4v) is 3.08. The van der Waals surface area contributed by atoms with Crippen LogP contribution in [0.3, 0.4) is 0 Å². The molecule has 0 radical (unpaired) electrons. The van der Waals surface area contributed by atoms with E-state index in [-0.39, 0.29) is 12.1 Å². The number of hydrogen-bond acceptors (Lipinski definition) is 4. The largest absolute Gasteiger partial charge is 0.463 e. The molecule has 1 rings (SSSR count). The normalized spacial score (nSPS) is 23.5. The molecule has 4 nitrogen and oxygen atoms in total. The molecule has 142 valence electrons. The minimum absolute atomic E-state index is 0.108. The first-order chi connectivity index (χ1) is 11.6. The lowest BCUT2D eigenvalue weighted by Crippen LogP contribution is -2.28. The average Bonchev–Trinajstić information content (AvgIpc) is 2.94. The smallest absolute Gasteiger partial charge is 0.305 e. The number of carbonyl (C=O) groups excluding carboxylic acids is 1. The van der Waals surface area contributed by atoms with Crippen LogP contribution in [0.15, 0.2) is 0 Å². The van der Waals surface area contributed by atoms with Crippen LogP contribution in [-0.2, 0) is 19.0 Å². The number of rotatable bonds is 14. The Hall–Kier alpha value is -0.610. The third-order valence-corrected chi connectivity index (χ3v) is 4.64. The molecule has 4 heteroatoms. The van der Waals surface area contributed by atoms with Crippen LogP contribution in [0.1, 0.15) is 97.8 Å². The fraction of sp³-hybridized carbons (Fsp3) is 0.950. The second-order valence-corrected chi connectivity index (χ2v) is 7.20. The summed E-state index contributed by atoms with van der Waals surface area (Å²) in [5.41, 5.74) is 0. The van der Waals surface area contributed by atoms with Crippen molar-refractivity contribution in [1.29, 1.82) is 0 Å². The lowest BCUT2D eigenvalue weighted by Gasteiger charge is -2.23. The molecule has 0 saturated carbocycles. The Labute approximate surface area is 148 Å². The first kappa shape index (κ1) is 21.4. The van der Waals surface area contributed by atoms with Crippen molar-refractivity contribution in [2.24, 2.45) is 0 Å². The van der Waals surface area contributed by atoms with E-state index in [0.717, 1.165) is 25.7 Å². The van der Waals surface area contributed by atoms with Crippen LogP contribution < -0.4 is 0 Å². The summed E-state index contributed by atoms with van der Waals surface area (Å²) in [5.74, 6) is -0.605. The van der Waals surface area contributed by atoms with Crippen molar-refractivity contribution in [3.8, 4) is 0 Å². The highest BCUT2D eigenvalue weighted by Gasteiger charge is 2.37. The molecule has 1 saturated heterocycles. The molecule has 1 heterocycles. The predicted molar refractivity (Wildman–Crippen MR) is 96.9 cm³/mol. The molecule has 0 bridgehead atoms. The molecule has 0 amide bonds. The summed E-state index contributed by atoms with van der Waals surface area (Å²) in [6, 6.07) is 0. The van der Waals surface area contributed by atoms with Gasteiger partial charge in [-0.2, -0.15) is 0 Å². The van der Waals surface area contributed by atoms with Crippen LogP contribution in [0.4, 0.5) is 0 Å². The van der Waals surface area contributed by atoms with Crippen LogP contribution in [-0.4, -0.2) is 31.1 Å². The maximum atomic E-state index is 11.7. The van der Waals surface area contributed by atoms with Gasteiger partial charge in [0, 0.05) is 12.8 Å². The van der Waals surface area contributed by atoms with Crippen LogP contribution in [0.5, 0.6) is 0 Å². The Kier molecular flexibility index (Phi) is 11.4. The van der Waals surface area contributed by atoms with Gasteiger partial charge < -0.3 is 14.2 Å². The molecular formula is C20H38O4. The van der Waals surface area contributed by atoms with Gasteiger partial charge in [-0.1, -0.05) is 65.2 Å². The van der Waals surface area contributed by atoms with Gasteiger partial charge in [-0.3, -0.25) is 4.79 Å². The lowest BCUT2D eigenvalue weighted by molar-refractivity contribution is -0.169. The van der Waals surface area contributed by atoms with Crippen LogP contribution in [0.25, 0.3) is 0 Å². The highest BCUT2D eigenvalue weighted by Crippen LogP contribution is 2.29. The third kappa shape index (κ3) is 9.63. The molecule has 0 spiro atoms. The molecule has 0 aliphatic carbocycles. The van der Waals surface area contributed by atoms with Crippen molar-refractivity contribution in [1.82, 2.24) is 0 Å². The van der Waals surface area contributed by atoms with E-state index in [1.807, 2.05) is 6.92 Å². The van der Waals surface area contributed by atoms with Crippen molar-refractivity contribution < 1.29 is 19.0 Å². The third-order valence-electron chi connectivity index (χ3n) is 4.64. The van der Waals surface area contributed by atoms with Crippen LogP contribution in [0, 0.1) is 0 Å². The van der Waals surface area contributed by atoms with Crippen molar-refractivity contribution in [3.63, 3.8) is 0 Å². The molecule has 24 heavy (non-hydrogen) atoms. The second-order valence-electron chi connectivity index (χ2n) is 7.20. The lowest BCUT2D eigenvalue weighted by atomic mass is 10.1. The van der Waals surface area contributed by atoms with Crippen molar-refractivity contribution in [3.05, 3.63) is 0 Å². The van der Waals surface area contributed by atoms with Crippen molar-refractivity contribution >= 4 is 5.97 Å². The monoisotopic (exact) mass is 342 g/mol. The van der Waals surface area contributed by atoms with E-state index in [1.54, 1.807) is 0 Å². The molecule has 0 aromatic heterocycles. The number of hydrogen-bond donors (Lipinski definition) is 0. The number of unbranched alkanes of at least 4 members (excludes halogenated alkanes) is 8. The summed E-state index contributed by atoms with van der Waals surface area (Å²) in [7, 11) is 0. The van der Waals surface area contributed by atoms with Gasteiger partial charge >= 0.3 is 5.97 Å². The van der Waals surface area contributed by atoms with Crippen molar-refractivity contribution in [2.75, 3.05) is 13.2 Å². The maximum Gasteiger partial charge on any atom is 0.305 e. The van der Waals surface area contributed by atoms with Gasteiger partial charge in [-0.15, -0.1) is 0 Å². The number of ether oxygens (including phenoxy) is 3. The Morgan fingerprint density at radius 2 is 1.62 bits per heavy atom. The SMILES string of the molecule is CCCCCCCC(=O)OCC1COC(C)(CCCCCCC)O1. The van der Waals surface area contributed by atoms with Gasteiger partial charge in [0.05, 0.1) is 6.61 Å². The molecule has 0 aromatic rings. The number of esters is 1. The summed E-state index contributed by atoms with van der Waals surface area (Å²) >= 11 is 0. The van der Waals surface area contributed by atoms with Gasteiger partial charge in [0.15, 0.2) is 5.79 Å². The molecule has 1 aliphatic rings. The number of carbonyl (C=O) groups is 1. The molecule has 2 atom stereocenters. The minimum atomic E-state index is -0.497. The van der Waals surface area contributed by atoms with Gasteiger partial charge in [0.25, 0.3) is 0 Å². The zero-order valence-corrected chi connectivity index (χ0v) is 16.1. The van der Waals surface area contributed by atoms with Gasteiger partial charge in [-0.25, -0.2) is 0 Å². The van der Waals surface area contributed by atoms with E-state index in [0.29, 0.717) is 19.6 Å². The Morgan fingerprint density at radius 3 is 2.29 bits per heavy atom. The van der Waals surface area contributed by atoms with Crippen molar-refractivity contribution in [2.45, 2.75) is 110 Å². The Morgan fingerprint density at radius 1 is 1.00 bits per heavy atom. The summed E-state index contributed by atoms with van der Waals surface area (Å²) in [6.45, 7) is 7.26. The summed E-state index contributed by atoms with van der Waals surface area (Å²) < 4.78 is 17.1. The first-order valence-electron chi connectivity index (χ1n) is 10.1. The minimum Gasteiger partial charge on any atom is -0.463 e. The molecule has 1 aliphatic heterocycles. The van der Waals surface area contributed by atoms with E-state index in [4.69, 9.17) is 14.2 Å². The fourth-order valence-electron chi connectivity index (χ4n) is 3.08. The van der Waals surface area contributed by atoms with Crippen LogP contribution >= 0.6 is 0 Å².